The van der Waals surface area contributed by atoms with E-state index in [-0.39, 0.29) is 12.0 Å². The lowest BCUT2D eigenvalue weighted by Crippen LogP contribution is -2.46. The van der Waals surface area contributed by atoms with Crippen LogP contribution in [0.3, 0.4) is 0 Å². The van der Waals surface area contributed by atoms with Gasteiger partial charge in [-0.1, -0.05) is 18.2 Å². The monoisotopic (exact) mass is 332 g/mol. The summed E-state index contributed by atoms with van der Waals surface area (Å²) in [5, 5.41) is 2.40. The first-order valence-electron chi connectivity index (χ1n) is 7.39. The number of hydrogen-bond donors (Lipinski definition) is 2. The Morgan fingerprint density at radius 2 is 1.79 bits per heavy atom. The van der Waals surface area contributed by atoms with Crippen molar-refractivity contribution in [2.75, 3.05) is 0 Å². The first-order valence-corrected chi connectivity index (χ1v) is 7.39. The number of carbonyl (C=O) groups excluding carboxylic acids is 2. The Labute approximate surface area is 138 Å². The highest BCUT2D eigenvalue weighted by Gasteiger charge is 2.21. The summed E-state index contributed by atoms with van der Waals surface area (Å²) in [4.78, 5) is 23.7. The highest BCUT2D eigenvalue weighted by molar-refractivity contribution is 5.97. The summed E-state index contributed by atoms with van der Waals surface area (Å²) in [5.41, 5.74) is 7.96. The molecular weight excluding hydrogens is 314 g/mol. The molecule has 2 amide bonds. The van der Waals surface area contributed by atoms with E-state index in [1.807, 2.05) is 32.0 Å². The van der Waals surface area contributed by atoms with Crippen molar-refractivity contribution in [1.29, 1.82) is 0 Å². The van der Waals surface area contributed by atoms with Gasteiger partial charge in [0.25, 0.3) is 5.91 Å². The lowest BCUT2D eigenvalue weighted by Gasteiger charge is -2.16. The summed E-state index contributed by atoms with van der Waals surface area (Å²) in [6.07, 6.45) is 0.186. The Bertz CT molecular complexity index is 791. The van der Waals surface area contributed by atoms with Gasteiger partial charge in [-0.25, -0.2) is 8.78 Å². The molecule has 0 saturated heterocycles. The molecule has 0 heterocycles. The van der Waals surface area contributed by atoms with Gasteiger partial charge in [0.1, 0.15) is 17.7 Å². The molecule has 0 aliphatic heterocycles. The number of nitrogens with two attached hydrogens (primary N) is 1. The summed E-state index contributed by atoms with van der Waals surface area (Å²) in [5.74, 6) is -3.34. The summed E-state index contributed by atoms with van der Waals surface area (Å²) < 4.78 is 26.6. The summed E-state index contributed by atoms with van der Waals surface area (Å²) in [6, 6.07) is 7.25. The minimum absolute atomic E-state index is 0.186. The molecule has 0 aliphatic rings. The van der Waals surface area contributed by atoms with Crippen LogP contribution in [-0.2, 0) is 11.2 Å². The normalized spacial score (nSPS) is 11.8. The van der Waals surface area contributed by atoms with Gasteiger partial charge in [-0.2, -0.15) is 0 Å². The lowest BCUT2D eigenvalue weighted by atomic mass is 10.0. The van der Waals surface area contributed by atoms with E-state index in [1.165, 1.54) is 0 Å². The molecule has 3 N–H and O–H groups in total. The third kappa shape index (κ3) is 4.16. The predicted octanol–water partition coefficient (Wildman–Crippen LogP) is 2.41. The number of aryl methyl sites for hydroxylation is 2. The van der Waals surface area contributed by atoms with Gasteiger partial charge in [0.2, 0.25) is 5.91 Å². The zero-order valence-corrected chi connectivity index (χ0v) is 13.4. The number of hydrogen-bond acceptors (Lipinski definition) is 2. The molecule has 0 bridgehead atoms. The molecule has 2 rings (SSSR count). The molecule has 2 aromatic carbocycles. The predicted molar refractivity (Wildman–Crippen MR) is 86.4 cm³/mol. The number of amides is 2. The number of rotatable bonds is 5. The van der Waals surface area contributed by atoms with Gasteiger partial charge in [-0.05, 0) is 42.7 Å². The van der Waals surface area contributed by atoms with Crippen molar-refractivity contribution in [2.45, 2.75) is 26.3 Å². The SMILES string of the molecule is Cc1ccc(C[C@H](NC(=O)c2ccc(F)cc2F)C(N)=O)cc1C. The molecule has 6 heteroatoms. The van der Waals surface area contributed by atoms with E-state index < -0.39 is 29.5 Å². The smallest absolute Gasteiger partial charge is 0.254 e. The first-order chi connectivity index (χ1) is 11.3. The molecule has 0 radical (unpaired) electrons. The van der Waals surface area contributed by atoms with Gasteiger partial charge in [0.05, 0.1) is 5.56 Å². The second-order valence-electron chi connectivity index (χ2n) is 5.68. The van der Waals surface area contributed by atoms with E-state index in [0.29, 0.717) is 6.07 Å². The average Bonchev–Trinajstić information content (AvgIpc) is 2.50. The van der Waals surface area contributed by atoms with Gasteiger partial charge < -0.3 is 11.1 Å². The quantitative estimate of drug-likeness (QED) is 0.882. The molecule has 126 valence electrons. The third-order valence-corrected chi connectivity index (χ3v) is 3.84. The summed E-state index contributed by atoms with van der Waals surface area (Å²) in [7, 11) is 0. The van der Waals surface area contributed by atoms with Crippen molar-refractivity contribution >= 4 is 11.8 Å². The van der Waals surface area contributed by atoms with Crippen LogP contribution in [0.4, 0.5) is 8.78 Å². The zero-order chi connectivity index (χ0) is 17.9. The van der Waals surface area contributed by atoms with Gasteiger partial charge in [0.15, 0.2) is 0 Å². The van der Waals surface area contributed by atoms with E-state index in [2.05, 4.69) is 5.32 Å². The molecule has 0 spiro atoms. The van der Waals surface area contributed by atoms with Crippen molar-refractivity contribution in [2.24, 2.45) is 5.73 Å². The first kappa shape index (κ1) is 17.6. The van der Waals surface area contributed by atoms with Crippen LogP contribution < -0.4 is 11.1 Å². The number of halogens is 2. The largest absolute Gasteiger partial charge is 0.368 e. The Balaban J connectivity index is 2.17. The van der Waals surface area contributed by atoms with E-state index in [0.717, 1.165) is 28.8 Å². The van der Waals surface area contributed by atoms with Crippen molar-refractivity contribution in [3.63, 3.8) is 0 Å². The van der Waals surface area contributed by atoms with Crippen molar-refractivity contribution in [3.8, 4) is 0 Å². The fourth-order valence-electron chi connectivity index (χ4n) is 2.30. The van der Waals surface area contributed by atoms with Crippen molar-refractivity contribution < 1.29 is 18.4 Å². The maximum absolute atomic E-state index is 13.7. The van der Waals surface area contributed by atoms with Crippen LogP contribution in [0.5, 0.6) is 0 Å². The van der Waals surface area contributed by atoms with Crippen molar-refractivity contribution in [3.05, 3.63) is 70.3 Å². The van der Waals surface area contributed by atoms with Crippen LogP contribution in [0.1, 0.15) is 27.0 Å². The zero-order valence-electron chi connectivity index (χ0n) is 13.4. The molecule has 1 atom stereocenters. The van der Waals surface area contributed by atoms with E-state index in [4.69, 9.17) is 5.73 Å². The van der Waals surface area contributed by atoms with Crippen LogP contribution >= 0.6 is 0 Å². The van der Waals surface area contributed by atoms with Crippen LogP contribution in [0.15, 0.2) is 36.4 Å². The maximum atomic E-state index is 13.7. The number of primary amides is 1. The fourth-order valence-corrected chi connectivity index (χ4v) is 2.30. The van der Waals surface area contributed by atoms with Gasteiger partial charge >= 0.3 is 0 Å². The maximum Gasteiger partial charge on any atom is 0.254 e. The third-order valence-electron chi connectivity index (χ3n) is 3.84. The van der Waals surface area contributed by atoms with Crippen LogP contribution in [0, 0.1) is 25.5 Å². The minimum Gasteiger partial charge on any atom is -0.368 e. The second-order valence-corrected chi connectivity index (χ2v) is 5.68. The molecule has 2 aromatic rings. The molecule has 0 aliphatic carbocycles. The number of carbonyl (C=O) groups is 2. The average molecular weight is 332 g/mol. The Morgan fingerprint density at radius 1 is 1.08 bits per heavy atom. The highest BCUT2D eigenvalue weighted by Crippen LogP contribution is 2.13. The number of nitrogens with one attached hydrogen (secondary N) is 1. The van der Waals surface area contributed by atoms with E-state index in [1.54, 1.807) is 0 Å². The molecule has 0 fully saturated rings. The fraction of sp³-hybridized carbons (Fsp3) is 0.222. The molecular formula is C18H18F2N2O2. The van der Waals surface area contributed by atoms with Crippen molar-refractivity contribution in [1.82, 2.24) is 5.32 Å². The summed E-state index contributed by atoms with van der Waals surface area (Å²) >= 11 is 0. The molecule has 0 unspecified atom stereocenters. The van der Waals surface area contributed by atoms with E-state index >= 15 is 0 Å². The number of benzene rings is 2. The minimum atomic E-state index is -0.998. The molecule has 0 aromatic heterocycles. The molecule has 0 saturated carbocycles. The summed E-state index contributed by atoms with van der Waals surface area (Å²) in [6.45, 7) is 3.90. The Kier molecular flexibility index (Phi) is 5.28. The lowest BCUT2D eigenvalue weighted by molar-refractivity contribution is -0.119. The standard InChI is InChI=1S/C18H18F2N2O2/c1-10-3-4-12(7-11(10)2)8-16(17(21)23)22-18(24)14-6-5-13(19)9-15(14)20/h3-7,9,16H,8H2,1-2H3,(H2,21,23)(H,22,24)/t16-/m0/s1. The van der Waals surface area contributed by atoms with Gasteiger partial charge in [-0.15, -0.1) is 0 Å². The Morgan fingerprint density at radius 3 is 2.38 bits per heavy atom. The van der Waals surface area contributed by atoms with Crippen LogP contribution in [-0.4, -0.2) is 17.9 Å². The van der Waals surface area contributed by atoms with Gasteiger partial charge in [-0.3, -0.25) is 9.59 Å². The molecule has 4 nitrogen and oxygen atoms in total. The van der Waals surface area contributed by atoms with E-state index in [9.17, 15) is 18.4 Å². The Hall–Kier alpha value is -2.76. The molecule has 24 heavy (non-hydrogen) atoms. The van der Waals surface area contributed by atoms with Crippen LogP contribution in [0.2, 0.25) is 0 Å². The second kappa shape index (κ2) is 7.21. The van der Waals surface area contributed by atoms with Crippen LogP contribution in [0.25, 0.3) is 0 Å². The highest BCUT2D eigenvalue weighted by atomic mass is 19.1. The van der Waals surface area contributed by atoms with Gasteiger partial charge in [0, 0.05) is 12.5 Å². The topological polar surface area (TPSA) is 72.2 Å².